The van der Waals surface area contributed by atoms with E-state index < -0.39 is 0 Å². The van der Waals surface area contributed by atoms with Gasteiger partial charge in [0.15, 0.2) is 0 Å². The summed E-state index contributed by atoms with van der Waals surface area (Å²) in [6, 6.07) is 2.16. The van der Waals surface area contributed by atoms with Gasteiger partial charge in [-0.05, 0) is 19.9 Å². The number of amides is 1. The fraction of sp³-hybridized carbons (Fsp3) is 0.545. The highest BCUT2D eigenvalue weighted by Gasteiger charge is 2.26. The lowest BCUT2D eigenvalue weighted by molar-refractivity contribution is 0.0668. The third-order valence-corrected chi connectivity index (χ3v) is 3.49. The third-order valence-electron chi connectivity index (χ3n) is 2.80. The molecule has 2 N–H and O–H groups in total. The third kappa shape index (κ3) is 2.76. The van der Waals surface area contributed by atoms with E-state index in [1.165, 1.54) is 0 Å². The van der Waals surface area contributed by atoms with Gasteiger partial charge in [-0.2, -0.15) is 0 Å². The van der Waals surface area contributed by atoms with Crippen molar-refractivity contribution in [2.24, 2.45) is 0 Å². The van der Waals surface area contributed by atoms with Crippen molar-refractivity contribution in [3.8, 4) is 0 Å². The number of carbonyl (C=O) groups excluding carboxylic acids is 1. The molecule has 2 heterocycles. The minimum Gasteiger partial charge on any atom is -0.340 e. The lowest BCUT2D eigenvalue weighted by atomic mass is 10.1. The van der Waals surface area contributed by atoms with Crippen LogP contribution in [0.2, 0.25) is 10.2 Å². The lowest BCUT2D eigenvalue weighted by Crippen LogP contribution is -2.55. The van der Waals surface area contributed by atoms with Crippen LogP contribution in [-0.2, 0) is 0 Å². The molecule has 1 amide bonds. The maximum Gasteiger partial charge on any atom is 0.270 e. The second kappa shape index (κ2) is 4.88. The van der Waals surface area contributed by atoms with E-state index in [1.807, 2.05) is 4.90 Å². The Labute approximate surface area is 110 Å². The zero-order valence-corrected chi connectivity index (χ0v) is 11.3. The molecule has 1 fully saturated rings. The van der Waals surface area contributed by atoms with Gasteiger partial charge in [0.05, 0.1) is 5.02 Å². The Hall–Kier alpha value is -0.710. The summed E-state index contributed by atoms with van der Waals surface area (Å²) in [7, 11) is 0. The van der Waals surface area contributed by atoms with Crippen LogP contribution in [0.4, 0.5) is 0 Å². The minimum absolute atomic E-state index is 0.0565. The van der Waals surface area contributed by atoms with Crippen molar-refractivity contribution >= 4 is 29.1 Å². The Balaban J connectivity index is 2.14. The molecule has 0 radical (unpaired) electrons. The van der Waals surface area contributed by atoms with Gasteiger partial charge in [-0.3, -0.25) is 4.79 Å². The van der Waals surface area contributed by atoms with E-state index in [1.54, 1.807) is 6.07 Å². The van der Waals surface area contributed by atoms with Crippen LogP contribution in [0.5, 0.6) is 0 Å². The first kappa shape index (κ1) is 12.7. The van der Waals surface area contributed by atoms with Gasteiger partial charge in [-0.15, -0.1) is 0 Å². The topological polar surface area (TPSA) is 48.1 Å². The van der Waals surface area contributed by atoms with Crippen molar-refractivity contribution in [1.29, 1.82) is 0 Å². The normalized spacial score (nSPS) is 25.1. The van der Waals surface area contributed by atoms with Crippen LogP contribution in [0.3, 0.4) is 0 Å². The van der Waals surface area contributed by atoms with E-state index in [9.17, 15) is 4.79 Å². The smallest absolute Gasteiger partial charge is 0.270 e. The largest absolute Gasteiger partial charge is 0.340 e. The summed E-state index contributed by atoms with van der Waals surface area (Å²) in [5.41, 5.74) is 0.446. The number of aromatic amines is 1. The number of piperazine rings is 1. The van der Waals surface area contributed by atoms with Crippen molar-refractivity contribution in [3.63, 3.8) is 0 Å². The molecule has 2 atom stereocenters. The molecule has 94 valence electrons. The predicted octanol–water partition coefficient (Wildman–Crippen LogP) is 2.14. The zero-order chi connectivity index (χ0) is 12.6. The van der Waals surface area contributed by atoms with Gasteiger partial charge in [0.2, 0.25) is 0 Å². The second-order valence-electron chi connectivity index (χ2n) is 4.52. The molecule has 17 heavy (non-hydrogen) atoms. The van der Waals surface area contributed by atoms with Crippen LogP contribution in [0.15, 0.2) is 6.07 Å². The maximum atomic E-state index is 12.2. The Kier molecular flexibility index (Phi) is 3.66. The van der Waals surface area contributed by atoms with Gasteiger partial charge >= 0.3 is 0 Å². The molecule has 0 spiro atoms. The molecular formula is C11H15Cl2N3O. The zero-order valence-electron chi connectivity index (χ0n) is 9.76. The first-order chi connectivity index (χ1) is 7.97. The quantitative estimate of drug-likeness (QED) is 0.825. The number of nitrogens with zero attached hydrogens (tertiary/aromatic N) is 1. The number of halogens is 2. The SMILES string of the molecule is C[C@H]1CN(C(=O)c2cc(Cl)c(Cl)[nH]2)C[C@H](C)N1. The van der Waals surface area contributed by atoms with Gasteiger partial charge < -0.3 is 15.2 Å². The van der Waals surface area contributed by atoms with Gasteiger partial charge in [0.25, 0.3) is 5.91 Å². The second-order valence-corrected chi connectivity index (χ2v) is 5.31. The number of hydrogen-bond acceptors (Lipinski definition) is 2. The lowest BCUT2D eigenvalue weighted by Gasteiger charge is -2.35. The molecule has 0 aliphatic carbocycles. The van der Waals surface area contributed by atoms with E-state index in [2.05, 4.69) is 24.1 Å². The molecular weight excluding hydrogens is 261 g/mol. The van der Waals surface area contributed by atoms with Crippen molar-refractivity contribution in [3.05, 3.63) is 21.9 Å². The Morgan fingerprint density at radius 2 is 1.94 bits per heavy atom. The molecule has 0 unspecified atom stereocenters. The molecule has 1 saturated heterocycles. The van der Waals surface area contributed by atoms with E-state index in [-0.39, 0.29) is 5.91 Å². The van der Waals surface area contributed by atoms with Gasteiger partial charge in [0, 0.05) is 25.2 Å². The molecule has 1 aromatic heterocycles. The highest BCUT2D eigenvalue weighted by Crippen LogP contribution is 2.23. The minimum atomic E-state index is -0.0565. The van der Waals surface area contributed by atoms with Crippen LogP contribution < -0.4 is 5.32 Å². The van der Waals surface area contributed by atoms with E-state index >= 15 is 0 Å². The molecule has 1 aliphatic heterocycles. The van der Waals surface area contributed by atoms with Crippen LogP contribution in [0.1, 0.15) is 24.3 Å². The highest BCUT2D eigenvalue weighted by atomic mass is 35.5. The molecule has 4 nitrogen and oxygen atoms in total. The summed E-state index contributed by atoms with van der Waals surface area (Å²) in [4.78, 5) is 16.8. The number of hydrogen-bond donors (Lipinski definition) is 2. The van der Waals surface area contributed by atoms with Crippen molar-refractivity contribution in [2.45, 2.75) is 25.9 Å². The van der Waals surface area contributed by atoms with Crippen LogP contribution >= 0.6 is 23.2 Å². The Bertz CT molecular complexity index is 403. The number of carbonyl (C=O) groups is 1. The van der Waals surface area contributed by atoms with Gasteiger partial charge in [-0.25, -0.2) is 0 Å². The van der Waals surface area contributed by atoms with E-state index in [0.29, 0.717) is 41.0 Å². The molecule has 0 bridgehead atoms. The number of rotatable bonds is 1. The summed E-state index contributed by atoms with van der Waals surface area (Å²) in [6.45, 7) is 5.50. The summed E-state index contributed by atoms with van der Waals surface area (Å²) in [6.07, 6.45) is 0. The molecule has 0 aromatic carbocycles. The Morgan fingerprint density at radius 3 is 2.41 bits per heavy atom. The van der Waals surface area contributed by atoms with Gasteiger partial charge in [0.1, 0.15) is 10.8 Å². The van der Waals surface area contributed by atoms with Crippen LogP contribution in [-0.4, -0.2) is 41.0 Å². The predicted molar refractivity (Wildman–Crippen MR) is 68.8 cm³/mol. The average molecular weight is 276 g/mol. The number of nitrogens with one attached hydrogen (secondary N) is 2. The molecule has 2 rings (SSSR count). The van der Waals surface area contributed by atoms with Crippen molar-refractivity contribution in [1.82, 2.24) is 15.2 Å². The molecule has 6 heteroatoms. The van der Waals surface area contributed by atoms with E-state index in [4.69, 9.17) is 23.2 Å². The summed E-state index contributed by atoms with van der Waals surface area (Å²) in [5.74, 6) is -0.0565. The summed E-state index contributed by atoms with van der Waals surface area (Å²) >= 11 is 11.6. The fourth-order valence-corrected chi connectivity index (χ4v) is 2.49. The first-order valence-electron chi connectivity index (χ1n) is 5.56. The highest BCUT2D eigenvalue weighted by molar-refractivity contribution is 6.41. The number of aromatic nitrogens is 1. The standard InChI is InChI=1S/C11H15Cl2N3O/c1-6-4-16(5-7(2)14-6)11(17)9-3-8(12)10(13)15-9/h3,6-7,14-15H,4-5H2,1-2H3/t6-,7-/m0/s1. The molecule has 1 aliphatic rings. The summed E-state index contributed by atoms with van der Waals surface area (Å²) < 4.78 is 0. The summed E-state index contributed by atoms with van der Waals surface area (Å²) in [5, 5.41) is 4.07. The molecule has 1 aromatic rings. The maximum absolute atomic E-state index is 12.2. The van der Waals surface area contributed by atoms with Crippen LogP contribution in [0, 0.1) is 0 Å². The van der Waals surface area contributed by atoms with Crippen LogP contribution in [0.25, 0.3) is 0 Å². The van der Waals surface area contributed by atoms with E-state index in [0.717, 1.165) is 0 Å². The average Bonchev–Trinajstić information content (AvgIpc) is 2.57. The first-order valence-corrected chi connectivity index (χ1v) is 6.32. The van der Waals surface area contributed by atoms with Crippen molar-refractivity contribution < 1.29 is 4.79 Å². The van der Waals surface area contributed by atoms with Gasteiger partial charge in [-0.1, -0.05) is 23.2 Å². The van der Waals surface area contributed by atoms with Crippen molar-refractivity contribution in [2.75, 3.05) is 13.1 Å². The number of H-pyrrole nitrogens is 1. The fourth-order valence-electron chi connectivity index (χ4n) is 2.18. The monoisotopic (exact) mass is 275 g/mol. The Morgan fingerprint density at radius 1 is 1.35 bits per heavy atom. The molecule has 0 saturated carbocycles.